The van der Waals surface area contributed by atoms with Crippen molar-refractivity contribution >= 4 is 11.8 Å². The summed E-state index contributed by atoms with van der Waals surface area (Å²) in [5, 5.41) is 0. The molecule has 0 spiro atoms. The van der Waals surface area contributed by atoms with Crippen molar-refractivity contribution in [3.63, 3.8) is 0 Å². The van der Waals surface area contributed by atoms with Crippen LogP contribution in [0.4, 0.5) is 4.39 Å². The third-order valence-electron chi connectivity index (χ3n) is 1.93. The molecule has 3 heteroatoms. The molecule has 1 unspecified atom stereocenters. The summed E-state index contributed by atoms with van der Waals surface area (Å²) in [5.74, 6) is 0.833. The van der Waals surface area contributed by atoms with E-state index >= 15 is 0 Å². The Balaban J connectivity index is 2.55. The lowest BCUT2D eigenvalue weighted by Gasteiger charge is -2.10. The highest BCUT2D eigenvalue weighted by atomic mass is 32.2. The van der Waals surface area contributed by atoms with Gasteiger partial charge in [0.05, 0.1) is 0 Å². The zero-order chi connectivity index (χ0) is 9.68. The zero-order valence-electron chi connectivity index (χ0n) is 7.66. The number of nitrogens with two attached hydrogens (primary N) is 1. The highest BCUT2D eigenvalue weighted by molar-refractivity contribution is 7.98. The van der Waals surface area contributed by atoms with Crippen molar-refractivity contribution in [1.29, 1.82) is 0 Å². The SMILES string of the molecule is CSCCC(N)c1ccc(F)cc1. The van der Waals surface area contributed by atoms with Crippen LogP contribution < -0.4 is 5.73 Å². The smallest absolute Gasteiger partial charge is 0.123 e. The van der Waals surface area contributed by atoms with Gasteiger partial charge in [0, 0.05) is 6.04 Å². The number of thioether (sulfide) groups is 1. The third-order valence-corrected chi connectivity index (χ3v) is 2.58. The summed E-state index contributed by atoms with van der Waals surface area (Å²) >= 11 is 1.77. The van der Waals surface area contributed by atoms with Crippen LogP contribution in [0.2, 0.25) is 0 Å². The van der Waals surface area contributed by atoms with E-state index in [0.29, 0.717) is 0 Å². The predicted molar refractivity (Wildman–Crippen MR) is 56.3 cm³/mol. The van der Waals surface area contributed by atoms with Crippen molar-refractivity contribution in [1.82, 2.24) is 0 Å². The van der Waals surface area contributed by atoms with E-state index in [1.807, 2.05) is 0 Å². The topological polar surface area (TPSA) is 26.0 Å². The molecule has 0 aliphatic carbocycles. The highest BCUT2D eigenvalue weighted by Crippen LogP contribution is 2.15. The molecule has 2 N–H and O–H groups in total. The zero-order valence-corrected chi connectivity index (χ0v) is 8.48. The Bertz CT molecular complexity index is 248. The number of halogens is 1. The maximum atomic E-state index is 12.6. The second-order valence-electron chi connectivity index (χ2n) is 2.94. The third kappa shape index (κ3) is 3.36. The molecule has 0 saturated heterocycles. The fraction of sp³-hybridized carbons (Fsp3) is 0.400. The van der Waals surface area contributed by atoms with Crippen LogP contribution in [0.1, 0.15) is 18.0 Å². The summed E-state index contributed by atoms with van der Waals surface area (Å²) in [7, 11) is 0. The quantitative estimate of drug-likeness (QED) is 0.806. The Hall–Kier alpha value is -0.540. The Morgan fingerprint density at radius 3 is 2.54 bits per heavy atom. The molecule has 13 heavy (non-hydrogen) atoms. The van der Waals surface area contributed by atoms with Crippen molar-refractivity contribution in [3.05, 3.63) is 35.6 Å². The fourth-order valence-electron chi connectivity index (χ4n) is 1.12. The minimum Gasteiger partial charge on any atom is -0.324 e. The molecule has 0 bridgehead atoms. The van der Waals surface area contributed by atoms with Gasteiger partial charge in [0.1, 0.15) is 5.82 Å². The molecule has 0 amide bonds. The van der Waals surface area contributed by atoms with Gasteiger partial charge in [-0.3, -0.25) is 0 Å². The van der Waals surface area contributed by atoms with Crippen LogP contribution in [0.5, 0.6) is 0 Å². The molecule has 0 radical (unpaired) electrons. The average molecular weight is 199 g/mol. The fourth-order valence-corrected chi connectivity index (χ4v) is 1.61. The van der Waals surface area contributed by atoms with Crippen molar-refractivity contribution in [2.24, 2.45) is 5.73 Å². The molecule has 0 aromatic heterocycles. The van der Waals surface area contributed by atoms with Gasteiger partial charge in [-0.25, -0.2) is 4.39 Å². The van der Waals surface area contributed by atoms with Crippen molar-refractivity contribution < 1.29 is 4.39 Å². The first-order chi connectivity index (χ1) is 6.24. The van der Waals surface area contributed by atoms with Crippen LogP contribution in [0.15, 0.2) is 24.3 Å². The first kappa shape index (κ1) is 10.5. The summed E-state index contributed by atoms with van der Waals surface area (Å²) in [5.41, 5.74) is 6.91. The Kier molecular flexibility index (Phi) is 4.25. The molecule has 1 aromatic rings. The first-order valence-electron chi connectivity index (χ1n) is 4.24. The van der Waals surface area contributed by atoms with Gasteiger partial charge in [-0.15, -0.1) is 0 Å². The largest absolute Gasteiger partial charge is 0.324 e. The van der Waals surface area contributed by atoms with E-state index in [1.54, 1.807) is 23.9 Å². The molecule has 1 rings (SSSR count). The van der Waals surface area contributed by atoms with E-state index in [1.165, 1.54) is 12.1 Å². The molecule has 0 fully saturated rings. The van der Waals surface area contributed by atoms with Gasteiger partial charge in [-0.05, 0) is 36.1 Å². The summed E-state index contributed by atoms with van der Waals surface area (Å²) < 4.78 is 12.6. The maximum Gasteiger partial charge on any atom is 0.123 e. The van der Waals surface area contributed by atoms with Gasteiger partial charge < -0.3 is 5.73 Å². The number of hydrogen-bond acceptors (Lipinski definition) is 2. The number of benzene rings is 1. The van der Waals surface area contributed by atoms with Crippen LogP contribution >= 0.6 is 11.8 Å². The molecule has 1 atom stereocenters. The molecule has 0 heterocycles. The summed E-state index contributed by atoms with van der Waals surface area (Å²) in [6.07, 6.45) is 2.99. The van der Waals surface area contributed by atoms with Crippen LogP contribution in [-0.4, -0.2) is 12.0 Å². The molecule has 1 aromatic carbocycles. The van der Waals surface area contributed by atoms with Crippen LogP contribution in [0, 0.1) is 5.82 Å². The van der Waals surface area contributed by atoms with Gasteiger partial charge in [-0.2, -0.15) is 11.8 Å². The van der Waals surface area contributed by atoms with E-state index in [4.69, 9.17) is 5.73 Å². The molecule has 72 valence electrons. The molecule has 0 saturated carbocycles. The summed E-state index contributed by atoms with van der Waals surface area (Å²) in [6, 6.07) is 6.44. The van der Waals surface area contributed by atoms with Crippen LogP contribution in [0.3, 0.4) is 0 Å². The van der Waals surface area contributed by atoms with Gasteiger partial charge >= 0.3 is 0 Å². The minimum atomic E-state index is -0.208. The lowest BCUT2D eigenvalue weighted by molar-refractivity contribution is 0.624. The Morgan fingerprint density at radius 1 is 1.38 bits per heavy atom. The average Bonchev–Trinajstić information content (AvgIpc) is 2.15. The van der Waals surface area contributed by atoms with Crippen molar-refractivity contribution in [3.8, 4) is 0 Å². The van der Waals surface area contributed by atoms with Gasteiger partial charge in [0.2, 0.25) is 0 Å². The second-order valence-corrected chi connectivity index (χ2v) is 3.93. The molecular formula is C10H14FNS. The molecular weight excluding hydrogens is 185 g/mol. The van der Waals surface area contributed by atoms with Crippen molar-refractivity contribution in [2.75, 3.05) is 12.0 Å². The lowest BCUT2D eigenvalue weighted by Crippen LogP contribution is -2.10. The van der Waals surface area contributed by atoms with Gasteiger partial charge in [-0.1, -0.05) is 12.1 Å². The first-order valence-corrected chi connectivity index (χ1v) is 5.63. The maximum absolute atomic E-state index is 12.6. The minimum absolute atomic E-state index is 0.0352. The Labute approximate surface area is 82.5 Å². The van der Waals surface area contributed by atoms with E-state index < -0.39 is 0 Å². The number of hydrogen-bond donors (Lipinski definition) is 1. The van der Waals surface area contributed by atoms with E-state index in [2.05, 4.69) is 6.26 Å². The second kappa shape index (κ2) is 5.25. The van der Waals surface area contributed by atoms with Crippen LogP contribution in [0.25, 0.3) is 0 Å². The van der Waals surface area contributed by atoms with Crippen molar-refractivity contribution in [2.45, 2.75) is 12.5 Å². The monoisotopic (exact) mass is 199 g/mol. The van der Waals surface area contributed by atoms with Crippen LogP contribution in [-0.2, 0) is 0 Å². The number of rotatable bonds is 4. The van der Waals surface area contributed by atoms with E-state index in [0.717, 1.165) is 17.7 Å². The van der Waals surface area contributed by atoms with E-state index in [-0.39, 0.29) is 11.9 Å². The molecule has 0 aliphatic heterocycles. The molecule has 0 aliphatic rings. The highest BCUT2D eigenvalue weighted by Gasteiger charge is 2.04. The lowest BCUT2D eigenvalue weighted by atomic mass is 10.1. The summed E-state index contributed by atoms with van der Waals surface area (Å²) in [6.45, 7) is 0. The van der Waals surface area contributed by atoms with Gasteiger partial charge in [0.25, 0.3) is 0 Å². The molecule has 1 nitrogen and oxygen atoms in total. The van der Waals surface area contributed by atoms with E-state index in [9.17, 15) is 4.39 Å². The summed E-state index contributed by atoms with van der Waals surface area (Å²) in [4.78, 5) is 0. The van der Waals surface area contributed by atoms with Gasteiger partial charge in [0.15, 0.2) is 0 Å². The standard InChI is InChI=1S/C10H14FNS/c1-13-7-6-10(12)8-2-4-9(11)5-3-8/h2-5,10H,6-7,12H2,1H3. The normalized spacial score (nSPS) is 12.8. The predicted octanol–water partition coefficient (Wildman–Crippen LogP) is 2.58. The Morgan fingerprint density at radius 2 is 2.00 bits per heavy atom.